The molecule has 254 valence electrons. The fourth-order valence-electron chi connectivity index (χ4n) is 7.94. The van der Waals surface area contributed by atoms with Crippen molar-refractivity contribution in [1.82, 2.24) is 25.0 Å². The SMILES string of the molecule is N[C@H]1CCC[C@H]2CC[C@@H](C(=O)N3CC(c4cnccc4N4CCN(C(=O)COc5ccc(C6CCC(=O)NC6=O)cc5)CC4)C3)N2C1=O. The first-order valence-electron chi connectivity index (χ1n) is 17.2. The second-order valence-corrected chi connectivity index (χ2v) is 13.6. The lowest BCUT2D eigenvalue weighted by molar-refractivity contribution is -0.148. The van der Waals surface area contributed by atoms with E-state index in [1.165, 1.54) is 0 Å². The average Bonchev–Trinajstić information content (AvgIpc) is 3.44. The van der Waals surface area contributed by atoms with Crippen LogP contribution in [0.3, 0.4) is 0 Å². The maximum Gasteiger partial charge on any atom is 0.260 e. The van der Waals surface area contributed by atoms with Gasteiger partial charge in [0.25, 0.3) is 5.91 Å². The Morgan fingerprint density at radius 3 is 2.44 bits per heavy atom. The number of nitrogens with zero attached hydrogens (tertiary/aromatic N) is 5. The molecular weight excluding hydrogens is 614 g/mol. The van der Waals surface area contributed by atoms with E-state index in [4.69, 9.17) is 10.5 Å². The van der Waals surface area contributed by atoms with Crippen LogP contribution in [0.25, 0.3) is 0 Å². The molecule has 6 heterocycles. The fraction of sp³-hybridized carbons (Fsp3) is 0.543. The monoisotopic (exact) mass is 657 g/mol. The fourth-order valence-corrected chi connectivity index (χ4v) is 7.94. The molecule has 13 nitrogen and oxygen atoms in total. The highest BCUT2D eigenvalue weighted by Crippen LogP contribution is 2.37. The van der Waals surface area contributed by atoms with Crippen molar-refractivity contribution in [2.75, 3.05) is 50.8 Å². The molecule has 2 aromatic rings. The molecule has 0 bridgehead atoms. The number of nitrogens with two attached hydrogens (primary N) is 1. The van der Waals surface area contributed by atoms with Crippen molar-refractivity contribution < 1.29 is 28.7 Å². The van der Waals surface area contributed by atoms with Gasteiger partial charge >= 0.3 is 0 Å². The normalized spacial score (nSPS) is 26.5. The highest BCUT2D eigenvalue weighted by molar-refractivity contribution is 6.01. The number of carbonyl (C=O) groups excluding carboxylic acids is 5. The summed E-state index contributed by atoms with van der Waals surface area (Å²) < 4.78 is 5.78. The van der Waals surface area contributed by atoms with E-state index in [1.54, 1.807) is 35.4 Å². The van der Waals surface area contributed by atoms with E-state index in [-0.39, 0.29) is 54.0 Å². The molecule has 1 aromatic heterocycles. The molecule has 4 atom stereocenters. The summed E-state index contributed by atoms with van der Waals surface area (Å²) in [7, 11) is 0. The number of aromatic nitrogens is 1. The Morgan fingerprint density at radius 1 is 0.917 bits per heavy atom. The maximum atomic E-state index is 13.5. The zero-order chi connectivity index (χ0) is 33.4. The van der Waals surface area contributed by atoms with E-state index in [0.29, 0.717) is 70.7 Å². The van der Waals surface area contributed by atoms with Crippen molar-refractivity contribution in [3.8, 4) is 5.75 Å². The summed E-state index contributed by atoms with van der Waals surface area (Å²) >= 11 is 0. The third kappa shape index (κ3) is 6.35. The first kappa shape index (κ1) is 32.0. The zero-order valence-electron chi connectivity index (χ0n) is 27.1. The Morgan fingerprint density at radius 2 is 1.69 bits per heavy atom. The van der Waals surface area contributed by atoms with Crippen molar-refractivity contribution >= 4 is 35.2 Å². The van der Waals surface area contributed by atoms with Gasteiger partial charge in [-0.1, -0.05) is 12.1 Å². The van der Waals surface area contributed by atoms with Crippen LogP contribution >= 0.6 is 0 Å². The molecule has 5 amide bonds. The lowest BCUT2D eigenvalue weighted by Gasteiger charge is -2.44. The summed E-state index contributed by atoms with van der Waals surface area (Å²) in [5.41, 5.74) is 9.12. The van der Waals surface area contributed by atoms with Crippen LogP contribution in [0.4, 0.5) is 5.69 Å². The molecule has 5 fully saturated rings. The van der Waals surface area contributed by atoms with Crippen LogP contribution in [-0.2, 0) is 24.0 Å². The molecule has 0 spiro atoms. The maximum absolute atomic E-state index is 13.5. The second-order valence-electron chi connectivity index (χ2n) is 13.6. The number of rotatable bonds is 7. The number of amides is 5. The number of piperidine rings is 1. The lowest BCUT2D eigenvalue weighted by Crippen LogP contribution is -2.58. The first-order chi connectivity index (χ1) is 23.3. The molecule has 5 aliphatic rings. The number of nitrogens with one attached hydrogen (secondary N) is 1. The van der Waals surface area contributed by atoms with Gasteiger partial charge in [-0.2, -0.15) is 0 Å². The number of hydrogen-bond acceptors (Lipinski definition) is 9. The highest BCUT2D eigenvalue weighted by atomic mass is 16.5. The summed E-state index contributed by atoms with van der Waals surface area (Å²) in [5.74, 6) is -0.332. The van der Waals surface area contributed by atoms with Crippen molar-refractivity contribution in [1.29, 1.82) is 0 Å². The molecule has 13 heteroatoms. The molecular formula is C35H43N7O6. The number of imide groups is 1. The first-order valence-corrected chi connectivity index (χ1v) is 17.2. The highest BCUT2D eigenvalue weighted by Gasteiger charge is 2.47. The van der Waals surface area contributed by atoms with Crippen molar-refractivity contribution in [2.45, 2.75) is 74.9 Å². The van der Waals surface area contributed by atoms with Crippen molar-refractivity contribution in [2.24, 2.45) is 5.73 Å². The summed E-state index contributed by atoms with van der Waals surface area (Å²) in [4.78, 5) is 75.3. The summed E-state index contributed by atoms with van der Waals surface area (Å²) in [6.07, 6.45) is 8.55. The smallest absolute Gasteiger partial charge is 0.260 e. The standard InChI is InChI=1S/C35H43N7O6/c36-28-3-1-2-24-6-10-30(42(24)34(28)46)35(47)41-19-23(20-41)27-18-37-13-12-29(27)39-14-16-40(17-15-39)32(44)21-48-25-7-4-22(5-8-25)26-9-11-31(43)38-33(26)45/h4-5,7-8,12-13,18,23-24,26,28,30H,1-3,6,9-11,14-17,19-21,36H2,(H,38,43,45)/t24-,26?,28-,30-/m0/s1. The largest absolute Gasteiger partial charge is 0.484 e. The number of fused-ring (bicyclic) bond motifs is 1. The number of benzene rings is 1. The van der Waals surface area contributed by atoms with Gasteiger partial charge in [0.15, 0.2) is 6.61 Å². The minimum Gasteiger partial charge on any atom is -0.484 e. The summed E-state index contributed by atoms with van der Waals surface area (Å²) in [5, 5.41) is 2.38. The van der Waals surface area contributed by atoms with Gasteiger partial charge in [0.1, 0.15) is 11.8 Å². The van der Waals surface area contributed by atoms with Crippen LogP contribution in [0.5, 0.6) is 5.75 Å². The van der Waals surface area contributed by atoms with Crippen molar-refractivity contribution in [3.63, 3.8) is 0 Å². The molecule has 0 radical (unpaired) electrons. The Bertz CT molecular complexity index is 1570. The molecule has 0 saturated carbocycles. The van der Waals surface area contributed by atoms with Gasteiger partial charge in [-0.05, 0) is 62.3 Å². The van der Waals surface area contributed by atoms with E-state index in [1.807, 2.05) is 22.1 Å². The van der Waals surface area contributed by atoms with Crippen LogP contribution in [0.2, 0.25) is 0 Å². The zero-order valence-corrected chi connectivity index (χ0v) is 27.1. The van der Waals surface area contributed by atoms with Gasteiger partial charge in [0, 0.05) is 81.3 Å². The molecule has 0 aliphatic carbocycles. The predicted octanol–water partition coefficient (Wildman–Crippen LogP) is 1.13. The number of piperazine rings is 1. The Hall–Kier alpha value is -4.52. The predicted molar refractivity (Wildman–Crippen MR) is 175 cm³/mol. The van der Waals surface area contributed by atoms with Gasteiger partial charge in [0.05, 0.1) is 12.0 Å². The Balaban J connectivity index is 0.894. The summed E-state index contributed by atoms with van der Waals surface area (Å²) in [6, 6.07) is 8.32. The van der Waals surface area contributed by atoms with Crippen LogP contribution in [0, 0.1) is 0 Å². The number of anilines is 1. The number of carbonyl (C=O) groups is 5. The third-order valence-electron chi connectivity index (χ3n) is 10.7. The van der Waals surface area contributed by atoms with E-state index in [9.17, 15) is 24.0 Å². The van der Waals surface area contributed by atoms with Gasteiger partial charge in [-0.25, -0.2) is 0 Å². The summed E-state index contributed by atoms with van der Waals surface area (Å²) in [6.45, 7) is 3.55. The lowest BCUT2D eigenvalue weighted by atomic mass is 9.90. The average molecular weight is 658 g/mol. The van der Waals surface area contributed by atoms with E-state index in [2.05, 4.69) is 15.2 Å². The number of likely N-dealkylation sites (tertiary alicyclic amines) is 1. The molecule has 7 rings (SSSR count). The minimum atomic E-state index is -0.514. The second kappa shape index (κ2) is 13.5. The van der Waals surface area contributed by atoms with Crippen molar-refractivity contribution in [3.05, 3.63) is 53.9 Å². The Labute approximate surface area is 279 Å². The molecule has 5 aliphatic heterocycles. The van der Waals surface area contributed by atoms with Gasteiger partial charge in [-0.15, -0.1) is 0 Å². The van der Waals surface area contributed by atoms with E-state index < -0.39 is 12.1 Å². The van der Waals surface area contributed by atoms with E-state index in [0.717, 1.165) is 36.1 Å². The van der Waals surface area contributed by atoms with Gasteiger partial charge in [-0.3, -0.25) is 34.3 Å². The molecule has 5 saturated heterocycles. The van der Waals surface area contributed by atoms with Crippen LogP contribution in [0.15, 0.2) is 42.7 Å². The third-order valence-corrected chi connectivity index (χ3v) is 10.7. The Kier molecular flexibility index (Phi) is 9.04. The molecule has 48 heavy (non-hydrogen) atoms. The van der Waals surface area contributed by atoms with E-state index >= 15 is 0 Å². The van der Waals surface area contributed by atoms with Crippen LogP contribution < -0.4 is 20.7 Å². The quantitative estimate of drug-likeness (QED) is 0.417. The van der Waals surface area contributed by atoms with Gasteiger partial charge in [0.2, 0.25) is 23.6 Å². The molecule has 3 N–H and O–H groups in total. The minimum absolute atomic E-state index is 0.0289. The number of ether oxygens (including phenoxy) is 1. The van der Waals surface area contributed by atoms with Gasteiger partial charge < -0.3 is 30.1 Å². The van der Waals surface area contributed by atoms with Crippen LogP contribution in [0.1, 0.15) is 67.9 Å². The molecule has 1 unspecified atom stereocenters. The molecule has 1 aromatic carbocycles. The van der Waals surface area contributed by atoms with Crippen LogP contribution in [-0.4, -0.2) is 113 Å². The number of hydrogen-bond donors (Lipinski definition) is 2. The topological polar surface area (TPSA) is 158 Å². The number of pyridine rings is 1.